The van der Waals surface area contributed by atoms with Gasteiger partial charge in [0.1, 0.15) is 12.4 Å². The summed E-state index contributed by atoms with van der Waals surface area (Å²) in [4.78, 5) is 12.1. The minimum atomic E-state index is -0.269. The lowest BCUT2D eigenvalue weighted by Gasteiger charge is -2.22. The molecule has 0 bridgehead atoms. The summed E-state index contributed by atoms with van der Waals surface area (Å²) < 4.78 is 23.9. The van der Waals surface area contributed by atoms with Gasteiger partial charge >= 0.3 is 0 Å². The zero-order chi connectivity index (χ0) is 19.6. The highest BCUT2D eigenvalue weighted by atomic mass is 19.1. The second-order valence-corrected chi connectivity index (χ2v) is 6.50. The summed E-state index contributed by atoms with van der Waals surface area (Å²) in [6, 6.07) is 13.7. The maximum absolute atomic E-state index is 13.1. The number of methoxy groups -OCH3 is 1. The van der Waals surface area contributed by atoms with Crippen LogP contribution in [0.4, 0.5) is 4.39 Å². The van der Waals surface area contributed by atoms with Crippen LogP contribution in [0.25, 0.3) is 0 Å². The third-order valence-corrected chi connectivity index (χ3v) is 4.13. The van der Waals surface area contributed by atoms with Crippen LogP contribution < -0.4 is 20.1 Å². The minimum absolute atomic E-state index is 0.0267. The van der Waals surface area contributed by atoms with Crippen LogP contribution in [0.15, 0.2) is 48.5 Å². The lowest BCUT2D eigenvalue weighted by atomic mass is 9.96. The summed E-state index contributed by atoms with van der Waals surface area (Å²) in [5.74, 6) is 1.17. The Morgan fingerprint density at radius 3 is 2.37 bits per heavy atom. The van der Waals surface area contributed by atoms with Gasteiger partial charge in [0.25, 0.3) is 0 Å². The van der Waals surface area contributed by atoms with Crippen LogP contribution in [0.1, 0.15) is 25.5 Å². The van der Waals surface area contributed by atoms with Crippen molar-refractivity contribution in [2.45, 2.75) is 19.9 Å². The fraction of sp³-hybridized carbons (Fsp3) is 0.381. The molecule has 0 fully saturated rings. The summed E-state index contributed by atoms with van der Waals surface area (Å²) >= 11 is 0. The Labute approximate surface area is 159 Å². The molecule has 2 rings (SSSR count). The van der Waals surface area contributed by atoms with Gasteiger partial charge in [0, 0.05) is 6.04 Å². The van der Waals surface area contributed by atoms with Gasteiger partial charge in [-0.15, -0.1) is 0 Å². The second kappa shape index (κ2) is 10.5. The van der Waals surface area contributed by atoms with Crippen molar-refractivity contribution in [3.63, 3.8) is 0 Å². The summed E-state index contributed by atoms with van der Waals surface area (Å²) in [5, 5.41) is 6.05. The predicted octanol–water partition coefficient (Wildman–Crippen LogP) is 3.32. The van der Waals surface area contributed by atoms with E-state index in [2.05, 4.69) is 24.5 Å². The second-order valence-electron chi connectivity index (χ2n) is 6.50. The van der Waals surface area contributed by atoms with Crippen molar-refractivity contribution in [3.8, 4) is 11.5 Å². The Morgan fingerprint density at radius 2 is 1.74 bits per heavy atom. The zero-order valence-electron chi connectivity index (χ0n) is 16.0. The van der Waals surface area contributed by atoms with E-state index >= 15 is 0 Å². The van der Waals surface area contributed by atoms with Crippen LogP contribution in [-0.4, -0.2) is 32.7 Å². The van der Waals surface area contributed by atoms with Gasteiger partial charge in [-0.1, -0.05) is 38.1 Å². The number of carbonyl (C=O) groups is 1. The Balaban J connectivity index is 1.75. The number of ether oxygens (including phenoxy) is 2. The highest BCUT2D eigenvalue weighted by molar-refractivity contribution is 5.78. The molecule has 0 saturated carbocycles. The van der Waals surface area contributed by atoms with E-state index < -0.39 is 0 Å². The van der Waals surface area contributed by atoms with Crippen LogP contribution >= 0.6 is 0 Å². The van der Waals surface area contributed by atoms with Crippen LogP contribution in [0.2, 0.25) is 0 Å². The molecule has 0 aliphatic heterocycles. The Kier molecular flexibility index (Phi) is 8.07. The highest BCUT2D eigenvalue weighted by Crippen LogP contribution is 2.25. The number of halogens is 1. The van der Waals surface area contributed by atoms with Crippen molar-refractivity contribution in [2.24, 2.45) is 5.92 Å². The molecular formula is C21H27FN2O3. The smallest absolute Gasteiger partial charge is 0.234 e. The first-order valence-corrected chi connectivity index (χ1v) is 9.02. The first-order valence-electron chi connectivity index (χ1n) is 9.02. The van der Waals surface area contributed by atoms with E-state index in [-0.39, 0.29) is 30.2 Å². The molecule has 0 saturated heterocycles. The third kappa shape index (κ3) is 6.57. The van der Waals surface area contributed by atoms with Crippen molar-refractivity contribution in [2.75, 3.05) is 26.8 Å². The number of amides is 1. The number of benzene rings is 2. The fourth-order valence-corrected chi connectivity index (χ4v) is 2.76. The number of para-hydroxylation sites is 2. The molecule has 0 unspecified atom stereocenters. The monoisotopic (exact) mass is 374 g/mol. The maximum Gasteiger partial charge on any atom is 0.234 e. The molecule has 0 radical (unpaired) electrons. The normalized spacial score (nSPS) is 11.9. The standard InChI is InChI=1S/C21H27FN2O3/c1-15(2)21(16-8-10-17(22)11-9-16)24-14-20(25)23-12-13-27-19-7-5-4-6-18(19)26-3/h4-11,15,21,24H,12-14H2,1-3H3,(H,23,25)/t21-/m1/s1. The van der Waals surface area contributed by atoms with Crippen LogP contribution in [0.5, 0.6) is 11.5 Å². The largest absolute Gasteiger partial charge is 0.493 e. The summed E-state index contributed by atoms with van der Waals surface area (Å²) in [7, 11) is 1.59. The number of rotatable bonds is 10. The first-order chi connectivity index (χ1) is 13.0. The number of carbonyl (C=O) groups excluding carboxylic acids is 1. The van der Waals surface area contributed by atoms with Gasteiger partial charge in [-0.2, -0.15) is 0 Å². The number of nitrogens with one attached hydrogen (secondary N) is 2. The van der Waals surface area contributed by atoms with Crippen molar-refractivity contribution in [1.29, 1.82) is 0 Å². The summed E-state index contributed by atoms with van der Waals surface area (Å²) in [6.45, 7) is 5.02. The third-order valence-electron chi connectivity index (χ3n) is 4.13. The van der Waals surface area contributed by atoms with E-state index in [1.807, 2.05) is 24.3 Å². The SMILES string of the molecule is COc1ccccc1OCCNC(=O)CN[C@@H](c1ccc(F)cc1)C(C)C. The summed E-state index contributed by atoms with van der Waals surface area (Å²) in [5.41, 5.74) is 0.957. The highest BCUT2D eigenvalue weighted by Gasteiger charge is 2.16. The molecule has 2 N–H and O–H groups in total. The number of hydrogen-bond acceptors (Lipinski definition) is 4. The molecular weight excluding hydrogens is 347 g/mol. The lowest BCUT2D eigenvalue weighted by Crippen LogP contribution is -2.38. The van der Waals surface area contributed by atoms with Crippen molar-refractivity contribution < 1.29 is 18.7 Å². The van der Waals surface area contributed by atoms with Crippen molar-refractivity contribution >= 4 is 5.91 Å². The van der Waals surface area contributed by atoms with Gasteiger partial charge < -0.3 is 20.1 Å². The van der Waals surface area contributed by atoms with E-state index in [0.29, 0.717) is 24.7 Å². The van der Waals surface area contributed by atoms with Crippen LogP contribution in [0.3, 0.4) is 0 Å². The molecule has 0 spiro atoms. The first kappa shape index (κ1) is 20.7. The Morgan fingerprint density at radius 1 is 1.07 bits per heavy atom. The molecule has 1 atom stereocenters. The lowest BCUT2D eigenvalue weighted by molar-refractivity contribution is -0.120. The predicted molar refractivity (Wildman–Crippen MR) is 103 cm³/mol. The molecule has 2 aromatic carbocycles. The minimum Gasteiger partial charge on any atom is -0.493 e. The molecule has 5 nitrogen and oxygen atoms in total. The topological polar surface area (TPSA) is 59.6 Å². The molecule has 0 heterocycles. The van der Waals surface area contributed by atoms with Gasteiger partial charge in [0.05, 0.1) is 20.2 Å². The van der Waals surface area contributed by atoms with E-state index in [0.717, 1.165) is 5.56 Å². The summed E-state index contributed by atoms with van der Waals surface area (Å²) in [6.07, 6.45) is 0. The molecule has 6 heteroatoms. The van der Waals surface area contributed by atoms with Crippen molar-refractivity contribution in [1.82, 2.24) is 10.6 Å². The molecule has 0 aromatic heterocycles. The average molecular weight is 374 g/mol. The molecule has 0 aliphatic carbocycles. The van der Waals surface area contributed by atoms with Crippen LogP contribution in [0, 0.1) is 11.7 Å². The van der Waals surface area contributed by atoms with Crippen LogP contribution in [-0.2, 0) is 4.79 Å². The van der Waals surface area contributed by atoms with E-state index in [9.17, 15) is 9.18 Å². The Hall–Kier alpha value is -2.60. The molecule has 2 aromatic rings. The zero-order valence-corrected chi connectivity index (χ0v) is 16.0. The molecule has 27 heavy (non-hydrogen) atoms. The van der Waals surface area contributed by atoms with Gasteiger partial charge in [0.15, 0.2) is 11.5 Å². The number of hydrogen-bond donors (Lipinski definition) is 2. The van der Waals surface area contributed by atoms with Crippen molar-refractivity contribution in [3.05, 3.63) is 59.9 Å². The average Bonchev–Trinajstić information content (AvgIpc) is 2.66. The molecule has 1 amide bonds. The van der Waals surface area contributed by atoms with E-state index in [4.69, 9.17) is 9.47 Å². The van der Waals surface area contributed by atoms with Gasteiger partial charge in [-0.25, -0.2) is 4.39 Å². The Bertz CT molecular complexity index is 720. The van der Waals surface area contributed by atoms with Gasteiger partial charge in [-0.3, -0.25) is 4.79 Å². The molecule has 0 aliphatic rings. The van der Waals surface area contributed by atoms with Gasteiger partial charge in [0.2, 0.25) is 5.91 Å². The quantitative estimate of drug-likeness (QED) is 0.627. The molecule has 146 valence electrons. The van der Waals surface area contributed by atoms with Gasteiger partial charge in [-0.05, 0) is 35.7 Å². The maximum atomic E-state index is 13.1. The van der Waals surface area contributed by atoms with E-state index in [1.165, 1.54) is 12.1 Å². The van der Waals surface area contributed by atoms with E-state index in [1.54, 1.807) is 19.2 Å². The fourth-order valence-electron chi connectivity index (χ4n) is 2.76.